The Hall–Kier alpha value is -1.17. The smallest absolute Gasteiger partial charge is 0.251 e. The molecular weight excluding hydrogens is 1170 g/mol. The highest BCUT2D eigenvalue weighted by molar-refractivity contribution is 9.09. The highest BCUT2D eigenvalue weighted by Crippen LogP contribution is 2.38. The third-order valence-corrected chi connectivity index (χ3v) is 18.2. The van der Waals surface area contributed by atoms with Crippen molar-refractivity contribution >= 4 is 135 Å². The lowest BCUT2D eigenvalue weighted by Gasteiger charge is -2.16. The summed E-state index contributed by atoms with van der Waals surface area (Å²) in [6.07, 6.45) is 2.89. The summed E-state index contributed by atoms with van der Waals surface area (Å²) in [6.45, 7) is 6.69. The zero-order valence-electron chi connectivity index (χ0n) is 31.2. The van der Waals surface area contributed by atoms with Crippen molar-refractivity contribution in [3.8, 4) is 0 Å². The third-order valence-electron chi connectivity index (χ3n) is 10.2. The number of carbonyl (C=O) groups is 3. The van der Waals surface area contributed by atoms with E-state index >= 15 is 0 Å². The van der Waals surface area contributed by atoms with Gasteiger partial charge >= 0.3 is 0 Å². The fourth-order valence-electron chi connectivity index (χ4n) is 7.31. The lowest BCUT2D eigenvalue weighted by atomic mass is 10.0. The van der Waals surface area contributed by atoms with E-state index in [9.17, 15) is 14.4 Å². The van der Waals surface area contributed by atoms with Crippen LogP contribution in [0, 0.1) is 0 Å². The zero-order valence-corrected chi connectivity index (χ0v) is 43.2. The van der Waals surface area contributed by atoms with E-state index in [0.29, 0.717) is 0 Å². The maximum absolute atomic E-state index is 11.3. The van der Waals surface area contributed by atoms with E-state index < -0.39 is 0 Å². The first-order valence-electron chi connectivity index (χ1n) is 17.5. The summed E-state index contributed by atoms with van der Waals surface area (Å²) in [7, 11) is 0. The monoisotopic (exact) mass is 1200 g/mol. The number of halogens is 6. The number of aromatic nitrogens is 3. The first kappa shape index (κ1) is 48.5. The van der Waals surface area contributed by atoms with E-state index in [-0.39, 0.29) is 67.6 Å². The maximum atomic E-state index is 11.3. The van der Waals surface area contributed by atoms with E-state index in [4.69, 9.17) is 0 Å². The molecule has 0 saturated carbocycles. The maximum Gasteiger partial charge on any atom is 0.251 e. The van der Waals surface area contributed by atoms with Crippen LogP contribution in [-0.4, -0.2) is 52.1 Å². The van der Waals surface area contributed by atoms with Crippen LogP contribution in [0.1, 0.15) is 51.8 Å². The molecule has 0 saturated heterocycles. The van der Waals surface area contributed by atoms with Crippen LogP contribution < -0.4 is 64.6 Å². The van der Waals surface area contributed by atoms with Gasteiger partial charge < -0.3 is 50.9 Å². The predicted octanol–water partition coefficient (Wildman–Crippen LogP) is 0.479. The summed E-state index contributed by atoms with van der Waals surface area (Å²) in [5, 5.41) is 9.29. The highest BCUT2D eigenvalue weighted by atomic mass is 79.9. The topological polar surface area (TPSA) is 62.9 Å². The quantitative estimate of drug-likeness (QED) is 0.138. The number of carbonyl (C=O) groups excluding carboxylic acids is 3. The SMILES string of the molecule is CC1(CBr)CSc2c(C=O)cc3ccccc3[n+]21.CC1(CBr)CSc2c(C=O)cc3ccccc3[n+]21.CC1(CBr)CSc2c(C=O)cc3ccccc3[n+]21.[Br-].[Br-].[Br-]. The Bertz CT molecular complexity index is 2210. The second-order valence-corrected chi connectivity index (χ2v) is 19.1. The van der Waals surface area contributed by atoms with Crippen LogP contribution in [-0.2, 0) is 16.6 Å². The van der Waals surface area contributed by atoms with E-state index in [1.807, 2.05) is 54.6 Å². The minimum atomic E-state index is 0. The first-order chi connectivity index (χ1) is 26.1. The number of fused-ring (bicyclic) bond motifs is 9. The number of aldehydes is 3. The van der Waals surface area contributed by atoms with E-state index in [0.717, 1.165) is 100 Å². The van der Waals surface area contributed by atoms with Gasteiger partial charge in [-0.1, -0.05) is 84.2 Å². The molecule has 0 fully saturated rings. The second-order valence-electron chi connectivity index (χ2n) is 14.5. The number of nitrogens with zero attached hydrogens (tertiary/aromatic N) is 3. The van der Waals surface area contributed by atoms with Gasteiger partial charge in [0.15, 0.2) is 35.5 Å². The van der Waals surface area contributed by atoms with Gasteiger partial charge in [-0.05, 0) is 71.7 Å². The number of hydrogen-bond acceptors (Lipinski definition) is 6. The lowest BCUT2D eigenvalue weighted by Crippen LogP contribution is -3.00. The van der Waals surface area contributed by atoms with Crippen LogP contribution in [0.4, 0.5) is 0 Å². The summed E-state index contributed by atoms with van der Waals surface area (Å²) in [5.74, 6) is 2.98. The lowest BCUT2D eigenvalue weighted by molar-refractivity contribution is -0.755. The Kier molecular flexibility index (Phi) is 17.1. The van der Waals surface area contributed by atoms with Gasteiger partial charge in [0.2, 0.25) is 16.6 Å². The molecule has 0 radical (unpaired) electrons. The summed E-state index contributed by atoms with van der Waals surface area (Å²) in [5.41, 5.74) is 6.06. The largest absolute Gasteiger partial charge is 1.00 e. The summed E-state index contributed by atoms with van der Waals surface area (Å²) in [6, 6.07) is 30.7. The molecule has 3 atom stereocenters. The second kappa shape index (κ2) is 20.1. The molecule has 15 heteroatoms. The number of hydrogen-bond donors (Lipinski definition) is 0. The van der Waals surface area contributed by atoms with Gasteiger partial charge in [-0.2, -0.15) is 13.7 Å². The number of para-hydroxylation sites is 3. The Morgan fingerprint density at radius 1 is 0.491 bits per heavy atom. The average Bonchev–Trinajstić information content (AvgIpc) is 3.89. The van der Waals surface area contributed by atoms with Crippen molar-refractivity contribution in [3.63, 3.8) is 0 Å². The molecule has 0 spiro atoms. The molecule has 3 aliphatic rings. The normalized spacial score (nSPS) is 20.9. The molecule has 3 aliphatic heterocycles. The molecule has 0 amide bonds. The standard InChI is InChI=1S/3C14H13BrNOS.3BrH/c3*1-14(8-15)9-18-13-11(7-17)6-10-4-2-3-5-12(10)16(13)14;;;/h3*2-7H,8-9H2,1H3;3*1H/q3*+1;;;/p-3. The molecule has 57 heavy (non-hydrogen) atoms. The molecule has 3 aromatic heterocycles. The number of thioether (sulfide) groups is 3. The third kappa shape index (κ3) is 8.94. The Morgan fingerprint density at radius 3 is 0.965 bits per heavy atom. The molecule has 0 bridgehead atoms. The van der Waals surface area contributed by atoms with Crippen molar-refractivity contribution in [2.24, 2.45) is 0 Å². The fraction of sp³-hybridized carbons (Fsp3) is 0.286. The van der Waals surface area contributed by atoms with Crippen molar-refractivity contribution in [2.75, 3.05) is 33.2 Å². The first-order valence-corrected chi connectivity index (χ1v) is 23.8. The van der Waals surface area contributed by atoms with Crippen molar-refractivity contribution < 1.29 is 79.0 Å². The van der Waals surface area contributed by atoms with Crippen molar-refractivity contribution in [3.05, 3.63) is 108 Å². The van der Waals surface area contributed by atoms with Crippen molar-refractivity contribution in [2.45, 2.75) is 52.5 Å². The molecule has 6 aromatic rings. The Morgan fingerprint density at radius 2 is 0.737 bits per heavy atom. The van der Waals surface area contributed by atoms with Gasteiger partial charge in [0, 0.05) is 55.1 Å². The van der Waals surface area contributed by atoms with E-state index in [2.05, 4.69) is 119 Å². The summed E-state index contributed by atoms with van der Waals surface area (Å²) in [4.78, 5) is 33.8. The van der Waals surface area contributed by atoms with Gasteiger partial charge in [-0.25, -0.2) is 0 Å². The van der Waals surface area contributed by atoms with Crippen LogP contribution in [0.5, 0.6) is 0 Å². The molecule has 0 aliphatic carbocycles. The zero-order chi connectivity index (χ0) is 38.3. The number of rotatable bonds is 6. The fourth-order valence-corrected chi connectivity index (χ4v) is 13.6. The summed E-state index contributed by atoms with van der Waals surface area (Å²) < 4.78 is 6.93. The minimum Gasteiger partial charge on any atom is -1.00 e. The Labute approximate surface area is 402 Å². The van der Waals surface area contributed by atoms with Gasteiger partial charge in [-0.3, -0.25) is 14.4 Å². The molecule has 3 aromatic carbocycles. The highest BCUT2D eigenvalue weighted by Gasteiger charge is 2.47. The Balaban J connectivity index is 0.000000185. The van der Waals surface area contributed by atoms with Gasteiger partial charge in [0.25, 0.3) is 15.1 Å². The number of alkyl halides is 3. The number of benzene rings is 3. The molecule has 6 heterocycles. The molecule has 0 N–H and O–H groups in total. The molecule has 6 nitrogen and oxygen atoms in total. The number of pyridine rings is 3. The van der Waals surface area contributed by atoms with Crippen molar-refractivity contribution in [1.82, 2.24) is 0 Å². The van der Waals surface area contributed by atoms with Crippen LogP contribution in [0.15, 0.2) is 106 Å². The van der Waals surface area contributed by atoms with E-state index in [1.54, 1.807) is 35.3 Å². The minimum absolute atomic E-state index is 0. The van der Waals surface area contributed by atoms with Gasteiger partial charge in [-0.15, -0.1) is 0 Å². The van der Waals surface area contributed by atoms with Crippen LogP contribution >= 0.6 is 83.1 Å². The van der Waals surface area contributed by atoms with Gasteiger partial charge in [0.1, 0.15) is 0 Å². The molecule has 3 unspecified atom stereocenters. The van der Waals surface area contributed by atoms with Gasteiger partial charge in [0.05, 0.1) is 49.9 Å². The average molecular weight is 1210 g/mol. The molecule has 300 valence electrons. The predicted molar refractivity (Wildman–Crippen MR) is 233 cm³/mol. The molecular formula is C42H39Br6N3O3S3. The van der Waals surface area contributed by atoms with Crippen molar-refractivity contribution in [1.29, 1.82) is 0 Å². The molecule has 9 rings (SSSR count). The van der Waals surface area contributed by atoms with Crippen LogP contribution in [0.3, 0.4) is 0 Å². The summed E-state index contributed by atoms with van der Waals surface area (Å²) >= 11 is 16.1. The van der Waals surface area contributed by atoms with E-state index in [1.165, 1.54) is 16.6 Å². The van der Waals surface area contributed by atoms with Crippen LogP contribution in [0.2, 0.25) is 0 Å². The van der Waals surface area contributed by atoms with Crippen LogP contribution in [0.25, 0.3) is 32.7 Å².